The van der Waals surface area contributed by atoms with Gasteiger partial charge in [0.05, 0.1) is 12.8 Å². The average molecular weight is 442 g/mol. The van der Waals surface area contributed by atoms with Gasteiger partial charge < -0.3 is 14.5 Å². The van der Waals surface area contributed by atoms with Crippen molar-refractivity contribution in [3.8, 4) is 22.8 Å². The lowest BCUT2D eigenvalue weighted by molar-refractivity contribution is 0.293. The number of rotatable bonds is 6. The molecule has 146 valence electrons. The molecule has 28 heavy (non-hydrogen) atoms. The number of hydrogen-bond acceptors (Lipinski definition) is 5. The molecular weight excluding hydrogens is 418 g/mol. The summed E-state index contributed by atoms with van der Waals surface area (Å²) in [6.45, 7) is 4.41. The van der Waals surface area contributed by atoms with Crippen LogP contribution < -0.4 is 20.3 Å². The van der Waals surface area contributed by atoms with Crippen molar-refractivity contribution in [2.24, 2.45) is 5.84 Å². The second-order valence-corrected chi connectivity index (χ2v) is 7.51. The van der Waals surface area contributed by atoms with Crippen LogP contribution in [-0.4, -0.2) is 19.1 Å². The summed E-state index contributed by atoms with van der Waals surface area (Å²) < 4.78 is 12.5. The molecule has 6 heteroatoms. The van der Waals surface area contributed by atoms with E-state index in [9.17, 15) is 0 Å². The van der Waals surface area contributed by atoms with Crippen LogP contribution in [0.3, 0.4) is 0 Å². The van der Waals surface area contributed by atoms with Crippen LogP contribution in [0.2, 0.25) is 0 Å². The molecule has 0 bridgehead atoms. The third kappa shape index (κ3) is 4.29. The Hall–Kier alpha value is -2.57. The van der Waals surface area contributed by atoms with E-state index in [0.717, 1.165) is 43.9 Å². The predicted molar refractivity (Wildman–Crippen MR) is 117 cm³/mol. The van der Waals surface area contributed by atoms with Crippen molar-refractivity contribution in [3.05, 3.63) is 69.8 Å². The fourth-order valence-electron chi connectivity index (χ4n) is 3.14. The summed E-state index contributed by atoms with van der Waals surface area (Å²) in [6, 6.07) is 15.8. The number of hydrogen-bond donors (Lipinski definition) is 1. The molecule has 0 aliphatic carbocycles. The van der Waals surface area contributed by atoms with Gasteiger partial charge in [-0.05, 0) is 49.7 Å². The number of aromatic nitrogens is 1. The molecule has 0 spiro atoms. The molecule has 0 aliphatic rings. The summed E-state index contributed by atoms with van der Waals surface area (Å²) in [6.07, 6.45) is 0. The van der Waals surface area contributed by atoms with Crippen LogP contribution in [-0.2, 0) is 6.61 Å². The fraction of sp³-hybridized carbons (Fsp3) is 0.227. The van der Waals surface area contributed by atoms with Gasteiger partial charge in [0.2, 0.25) is 5.88 Å². The van der Waals surface area contributed by atoms with E-state index in [1.54, 1.807) is 12.1 Å². The smallest absolute Gasteiger partial charge is 0.213 e. The molecule has 3 aromatic rings. The molecule has 0 atom stereocenters. The van der Waals surface area contributed by atoms with E-state index in [-0.39, 0.29) is 0 Å². The van der Waals surface area contributed by atoms with E-state index in [2.05, 4.69) is 20.9 Å². The van der Waals surface area contributed by atoms with Crippen molar-refractivity contribution in [2.75, 3.05) is 19.2 Å². The molecule has 5 nitrogen and oxygen atoms in total. The minimum atomic E-state index is 0.398. The lowest BCUT2D eigenvalue weighted by Crippen LogP contribution is -2.26. The first-order valence-electron chi connectivity index (χ1n) is 8.92. The Labute approximate surface area is 174 Å². The molecule has 0 amide bonds. The number of halogens is 1. The topological polar surface area (TPSA) is 60.6 Å². The highest BCUT2D eigenvalue weighted by Gasteiger charge is 2.13. The highest BCUT2D eigenvalue weighted by molar-refractivity contribution is 9.10. The minimum Gasteiger partial charge on any atom is -0.496 e. The van der Waals surface area contributed by atoms with Crippen molar-refractivity contribution < 1.29 is 9.47 Å². The van der Waals surface area contributed by atoms with Crippen LogP contribution in [0.5, 0.6) is 11.6 Å². The highest BCUT2D eigenvalue weighted by atomic mass is 79.9. The van der Waals surface area contributed by atoms with Crippen LogP contribution in [0.4, 0.5) is 5.69 Å². The van der Waals surface area contributed by atoms with E-state index in [1.807, 2.05) is 69.4 Å². The Morgan fingerprint density at radius 1 is 1.07 bits per heavy atom. The molecular formula is C22H24BrN3O2. The van der Waals surface area contributed by atoms with Gasteiger partial charge in [-0.1, -0.05) is 28.1 Å². The number of benzene rings is 2. The zero-order valence-corrected chi connectivity index (χ0v) is 18.1. The van der Waals surface area contributed by atoms with Crippen LogP contribution in [0.1, 0.15) is 16.8 Å². The lowest BCUT2D eigenvalue weighted by Gasteiger charge is -2.19. The largest absolute Gasteiger partial charge is 0.496 e. The third-order valence-corrected chi connectivity index (χ3v) is 5.14. The molecule has 0 radical (unpaired) electrons. The van der Waals surface area contributed by atoms with Gasteiger partial charge in [0, 0.05) is 40.0 Å². The van der Waals surface area contributed by atoms with E-state index >= 15 is 0 Å². The van der Waals surface area contributed by atoms with Crippen LogP contribution in [0.15, 0.2) is 53.0 Å². The molecule has 0 saturated heterocycles. The number of ether oxygens (including phenoxy) is 2. The molecule has 0 unspecified atom stereocenters. The van der Waals surface area contributed by atoms with Crippen molar-refractivity contribution >= 4 is 21.6 Å². The maximum atomic E-state index is 5.98. The third-order valence-electron chi connectivity index (χ3n) is 4.64. The van der Waals surface area contributed by atoms with Gasteiger partial charge in [-0.15, -0.1) is 0 Å². The molecule has 1 aromatic heterocycles. The van der Waals surface area contributed by atoms with Gasteiger partial charge in [-0.25, -0.2) is 10.8 Å². The Morgan fingerprint density at radius 3 is 2.54 bits per heavy atom. The minimum absolute atomic E-state index is 0.398. The molecule has 2 N–H and O–H groups in total. The zero-order chi connectivity index (χ0) is 20.3. The first-order valence-corrected chi connectivity index (χ1v) is 9.71. The summed E-state index contributed by atoms with van der Waals surface area (Å²) in [5.74, 6) is 7.32. The SMILES string of the molecule is COc1ccc(Br)cc1-c1ccc(OCc2c(C)cccc2N(C)N)nc1C. The number of pyridine rings is 1. The van der Waals surface area contributed by atoms with Crippen molar-refractivity contribution in [3.63, 3.8) is 0 Å². The lowest BCUT2D eigenvalue weighted by atomic mass is 10.0. The first-order chi connectivity index (χ1) is 13.4. The fourth-order valence-corrected chi connectivity index (χ4v) is 3.51. The van der Waals surface area contributed by atoms with Gasteiger partial charge >= 0.3 is 0 Å². The summed E-state index contributed by atoms with van der Waals surface area (Å²) in [5, 5.41) is 1.60. The molecule has 2 aromatic carbocycles. The quantitative estimate of drug-likeness (QED) is 0.429. The van der Waals surface area contributed by atoms with Crippen molar-refractivity contribution in [2.45, 2.75) is 20.5 Å². The van der Waals surface area contributed by atoms with Crippen LogP contribution >= 0.6 is 15.9 Å². The van der Waals surface area contributed by atoms with E-state index in [0.29, 0.717) is 12.5 Å². The monoisotopic (exact) mass is 441 g/mol. The summed E-state index contributed by atoms with van der Waals surface area (Å²) >= 11 is 3.52. The van der Waals surface area contributed by atoms with Crippen LogP contribution in [0.25, 0.3) is 11.1 Å². The summed E-state index contributed by atoms with van der Waals surface area (Å²) in [7, 11) is 3.49. The highest BCUT2D eigenvalue weighted by Crippen LogP contribution is 2.35. The standard InChI is InChI=1S/C22H24BrN3O2/c1-14-6-5-7-20(26(3)24)19(14)13-28-22-11-9-17(15(2)25-22)18-12-16(23)8-10-21(18)27-4/h5-12H,13,24H2,1-4H3. The maximum Gasteiger partial charge on any atom is 0.213 e. The van der Waals surface area contributed by atoms with E-state index < -0.39 is 0 Å². The molecule has 0 fully saturated rings. The average Bonchev–Trinajstić information content (AvgIpc) is 2.66. The summed E-state index contributed by atoms with van der Waals surface area (Å²) in [4.78, 5) is 4.64. The number of methoxy groups -OCH3 is 1. The number of anilines is 1. The van der Waals surface area contributed by atoms with Gasteiger partial charge in [0.15, 0.2) is 0 Å². The predicted octanol–water partition coefficient (Wildman–Crippen LogP) is 5.03. The van der Waals surface area contributed by atoms with Gasteiger partial charge in [-0.2, -0.15) is 0 Å². The van der Waals surface area contributed by atoms with E-state index in [1.165, 1.54) is 0 Å². The number of nitrogens with two attached hydrogens (primary N) is 1. The van der Waals surface area contributed by atoms with Gasteiger partial charge in [-0.3, -0.25) is 0 Å². The van der Waals surface area contributed by atoms with Crippen molar-refractivity contribution in [1.82, 2.24) is 4.98 Å². The Bertz CT molecular complexity index is 990. The first kappa shape index (κ1) is 20.2. The second-order valence-electron chi connectivity index (χ2n) is 6.60. The van der Waals surface area contributed by atoms with Crippen molar-refractivity contribution in [1.29, 1.82) is 0 Å². The van der Waals surface area contributed by atoms with E-state index in [4.69, 9.17) is 15.3 Å². The maximum absolute atomic E-state index is 5.98. The van der Waals surface area contributed by atoms with Crippen LogP contribution in [0, 0.1) is 13.8 Å². The summed E-state index contributed by atoms with van der Waals surface area (Å²) in [5.41, 5.74) is 5.97. The second kappa shape index (κ2) is 8.63. The molecule has 3 rings (SSSR count). The number of nitrogens with zero attached hydrogens (tertiary/aromatic N) is 2. The zero-order valence-electron chi connectivity index (χ0n) is 16.5. The van der Waals surface area contributed by atoms with Gasteiger partial charge in [0.25, 0.3) is 0 Å². The number of hydrazine groups is 1. The van der Waals surface area contributed by atoms with Gasteiger partial charge in [0.1, 0.15) is 12.4 Å². The molecule has 1 heterocycles. The number of aryl methyl sites for hydroxylation is 2. The molecule has 0 saturated carbocycles. The Kier molecular flexibility index (Phi) is 6.21. The Morgan fingerprint density at radius 2 is 1.86 bits per heavy atom. The Balaban J connectivity index is 1.86. The molecule has 0 aliphatic heterocycles. The normalized spacial score (nSPS) is 10.6.